The van der Waals surface area contributed by atoms with Crippen LogP contribution in [0.25, 0.3) is 5.69 Å². The van der Waals surface area contributed by atoms with Crippen molar-refractivity contribution in [2.45, 2.75) is 25.8 Å². The Bertz CT molecular complexity index is 796. The van der Waals surface area contributed by atoms with Gasteiger partial charge in [0.1, 0.15) is 6.33 Å². The Hall–Kier alpha value is -2.63. The van der Waals surface area contributed by atoms with E-state index in [0.717, 1.165) is 24.2 Å². The summed E-state index contributed by atoms with van der Waals surface area (Å²) in [5.41, 5.74) is 2.49. The van der Waals surface area contributed by atoms with Crippen LogP contribution in [0.5, 0.6) is 0 Å². The number of hydrogen-bond donors (Lipinski definition) is 0. The number of esters is 1. The van der Waals surface area contributed by atoms with Crippen LogP contribution in [-0.2, 0) is 4.74 Å². The molecule has 0 unspecified atom stereocenters. The second-order valence-corrected chi connectivity index (χ2v) is 5.74. The molecule has 0 N–H and O–H groups in total. The van der Waals surface area contributed by atoms with E-state index in [-0.39, 0.29) is 11.9 Å². The lowest BCUT2D eigenvalue weighted by Crippen LogP contribution is -2.30. The smallest absolute Gasteiger partial charge is 0.358 e. The number of benzene rings is 1. The largest absolute Gasteiger partial charge is 0.461 e. The molecule has 2 aliphatic heterocycles. The summed E-state index contributed by atoms with van der Waals surface area (Å²) in [6, 6.07) is 7.32. The highest BCUT2D eigenvalue weighted by atomic mass is 16.5. The first-order valence-corrected chi connectivity index (χ1v) is 7.87. The minimum Gasteiger partial charge on any atom is -0.461 e. The van der Waals surface area contributed by atoms with E-state index in [9.17, 15) is 9.59 Å². The zero-order chi connectivity index (χ0) is 16.0. The number of imidazole rings is 1. The molecule has 2 aliphatic rings. The molecule has 4 rings (SSSR count). The zero-order valence-electron chi connectivity index (χ0n) is 12.9. The Kier molecular flexibility index (Phi) is 3.18. The van der Waals surface area contributed by atoms with Crippen molar-refractivity contribution < 1.29 is 14.3 Å². The lowest BCUT2D eigenvalue weighted by molar-refractivity contribution is 0.0513. The minimum atomic E-state index is -0.431. The average Bonchev–Trinajstić information content (AvgIpc) is 3.19. The van der Waals surface area contributed by atoms with Crippen LogP contribution in [0.2, 0.25) is 0 Å². The number of carbonyl (C=O) groups is 2. The van der Waals surface area contributed by atoms with Crippen LogP contribution in [-0.4, -0.2) is 39.5 Å². The molecule has 1 fully saturated rings. The van der Waals surface area contributed by atoms with Gasteiger partial charge in [-0.15, -0.1) is 0 Å². The van der Waals surface area contributed by atoms with Crippen LogP contribution < -0.4 is 0 Å². The Morgan fingerprint density at radius 1 is 1.39 bits per heavy atom. The van der Waals surface area contributed by atoms with Crippen LogP contribution in [0, 0.1) is 0 Å². The third-order valence-electron chi connectivity index (χ3n) is 4.50. The first-order chi connectivity index (χ1) is 11.2. The van der Waals surface area contributed by atoms with Gasteiger partial charge in [-0.2, -0.15) is 0 Å². The van der Waals surface area contributed by atoms with Gasteiger partial charge < -0.3 is 9.64 Å². The first-order valence-electron chi connectivity index (χ1n) is 7.87. The van der Waals surface area contributed by atoms with Gasteiger partial charge in [-0.1, -0.05) is 12.1 Å². The van der Waals surface area contributed by atoms with E-state index >= 15 is 0 Å². The highest BCUT2D eigenvalue weighted by Crippen LogP contribution is 2.39. The highest BCUT2D eigenvalue weighted by Gasteiger charge is 2.40. The van der Waals surface area contributed by atoms with Crippen molar-refractivity contribution in [1.82, 2.24) is 14.5 Å². The second kappa shape index (κ2) is 5.22. The Morgan fingerprint density at radius 2 is 2.22 bits per heavy atom. The topological polar surface area (TPSA) is 64.4 Å². The number of amides is 1. The van der Waals surface area contributed by atoms with Gasteiger partial charge in [-0.05, 0) is 31.9 Å². The number of carbonyl (C=O) groups excluding carboxylic acids is 2. The van der Waals surface area contributed by atoms with Gasteiger partial charge >= 0.3 is 5.97 Å². The number of fused-ring (bicyclic) bond motifs is 5. The molecule has 23 heavy (non-hydrogen) atoms. The summed E-state index contributed by atoms with van der Waals surface area (Å²) in [6.45, 7) is 2.77. The molecule has 1 aromatic heterocycles. The number of ether oxygens (including phenoxy) is 1. The average molecular weight is 311 g/mol. The second-order valence-electron chi connectivity index (χ2n) is 5.74. The van der Waals surface area contributed by atoms with Crippen molar-refractivity contribution in [2.75, 3.05) is 13.2 Å². The number of nitrogens with zero attached hydrogens (tertiary/aromatic N) is 3. The maximum absolute atomic E-state index is 12.9. The van der Waals surface area contributed by atoms with Gasteiger partial charge in [0.15, 0.2) is 5.69 Å². The number of hydrogen-bond acceptors (Lipinski definition) is 4. The molecule has 6 heteroatoms. The van der Waals surface area contributed by atoms with Crippen LogP contribution in [0.4, 0.5) is 0 Å². The number of rotatable bonds is 2. The third-order valence-corrected chi connectivity index (χ3v) is 4.50. The van der Waals surface area contributed by atoms with E-state index in [1.807, 2.05) is 33.7 Å². The van der Waals surface area contributed by atoms with Crippen LogP contribution >= 0.6 is 0 Å². The molecule has 2 aromatic rings. The molecule has 0 aliphatic carbocycles. The van der Waals surface area contributed by atoms with Gasteiger partial charge in [0.05, 0.1) is 29.6 Å². The molecular weight excluding hydrogens is 294 g/mol. The van der Waals surface area contributed by atoms with Gasteiger partial charge in [-0.3, -0.25) is 9.36 Å². The van der Waals surface area contributed by atoms with Crippen molar-refractivity contribution >= 4 is 11.9 Å². The van der Waals surface area contributed by atoms with Crippen molar-refractivity contribution in [2.24, 2.45) is 0 Å². The lowest BCUT2D eigenvalue weighted by Gasteiger charge is -2.22. The van der Waals surface area contributed by atoms with Crippen molar-refractivity contribution in [3.05, 3.63) is 47.5 Å². The molecule has 1 aromatic carbocycles. The summed E-state index contributed by atoms with van der Waals surface area (Å²) in [4.78, 5) is 31.3. The van der Waals surface area contributed by atoms with E-state index in [2.05, 4.69) is 4.98 Å². The van der Waals surface area contributed by atoms with Crippen molar-refractivity contribution in [3.63, 3.8) is 0 Å². The van der Waals surface area contributed by atoms with E-state index in [4.69, 9.17) is 4.74 Å². The molecule has 0 bridgehead atoms. The number of aromatic nitrogens is 2. The fourth-order valence-electron chi connectivity index (χ4n) is 3.54. The monoisotopic (exact) mass is 311 g/mol. The standard InChI is InChI=1S/C17H17N3O3/c1-2-23-17(22)14-15-13-8-5-9-19(13)16(21)11-6-3-4-7-12(11)20(15)10-18-14/h3-4,6-7,10,13H,2,5,8-9H2,1H3/t13-/m0/s1. The zero-order valence-corrected chi connectivity index (χ0v) is 12.9. The summed E-state index contributed by atoms with van der Waals surface area (Å²) < 4.78 is 7.01. The molecule has 0 spiro atoms. The maximum atomic E-state index is 12.9. The van der Waals surface area contributed by atoms with Crippen LogP contribution in [0.1, 0.15) is 52.3 Å². The van der Waals surface area contributed by atoms with E-state index in [1.54, 1.807) is 13.3 Å². The molecule has 0 saturated carbocycles. The van der Waals surface area contributed by atoms with E-state index < -0.39 is 5.97 Å². The lowest BCUT2D eigenvalue weighted by atomic mass is 10.1. The molecule has 1 amide bonds. The van der Waals surface area contributed by atoms with Crippen LogP contribution in [0.3, 0.4) is 0 Å². The quantitative estimate of drug-likeness (QED) is 0.799. The van der Waals surface area contributed by atoms with E-state index in [1.165, 1.54) is 0 Å². The first kappa shape index (κ1) is 14.0. The molecule has 3 heterocycles. The summed E-state index contributed by atoms with van der Waals surface area (Å²) in [5.74, 6) is -0.415. The Morgan fingerprint density at radius 3 is 3.04 bits per heavy atom. The van der Waals surface area contributed by atoms with Gasteiger partial charge in [-0.25, -0.2) is 9.78 Å². The molecular formula is C17H17N3O3. The molecule has 1 atom stereocenters. The predicted molar refractivity (Wildman–Crippen MR) is 82.5 cm³/mol. The Balaban J connectivity index is 1.96. The van der Waals surface area contributed by atoms with Gasteiger partial charge in [0, 0.05) is 6.54 Å². The third kappa shape index (κ3) is 1.98. The summed E-state index contributed by atoms with van der Waals surface area (Å²) in [5, 5.41) is 0. The van der Waals surface area contributed by atoms with E-state index in [0.29, 0.717) is 24.4 Å². The minimum absolute atomic E-state index is 0.0154. The molecule has 1 saturated heterocycles. The van der Waals surface area contributed by atoms with Crippen molar-refractivity contribution in [1.29, 1.82) is 0 Å². The fourth-order valence-corrected chi connectivity index (χ4v) is 3.54. The SMILES string of the molecule is CCOC(=O)c1ncn2c1[C@@H]1CCCN1C(=O)c1ccccc1-2. The summed E-state index contributed by atoms with van der Waals surface area (Å²) in [7, 11) is 0. The van der Waals surface area contributed by atoms with Gasteiger partial charge in [0.25, 0.3) is 5.91 Å². The highest BCUT2D eigenvalue weighted by molar-refractivity contribution is 5.99. The molecule has 6 nitrogen and oxygen atoms in total. The molecule has 118 valence electrons. The molecule has 0 radical (unpaired) electrons. The normalized spacial score (nSPS) is 18.9. The maximum Gasteiger partial charge on any atom is 0.358 e. The summed E-state index contributed by atoms with van der Waals surface area (Å²) in [6.07, 6.45) is 3.37. The number of para-hydroxylation sites is 1. The predicted octanol–water partition coefficient (Wildman–Crippen LogP) is 2.34. The summed E-state index contributed by atoms with van der Waals surface area (Å²) >= 11 is 0. The van der Waals surface area contributed by atoms with Crippen LogP contribution in [0.15, 0.2) is 30.6 Å². The fraction of sp³-hybridized carbons (Fsp3) is 0.353. The van der Waals surface area contributed by atoms with Crippen molar-refractivity contribution in [3.8, 4) is 5.69 Å². The van der Waals surface area contributed by atoms with Gasteiger partial charge in [0.2, 0.25) is 0 Å². The Labute approximate surface area is 133 Å².